The summed E-state index contributed by atoms with van der Waals surface area (Å²) in [4.78, 5) is 10.7. The van der Waals surface area contributed by atoms with Crippen LogP contribution in [0.2, 0.25) is 0 Å². The zero-order chi connectivity index (χ0) is 13.4. The minimum absolute atomic E-state index is 0.0342. The average Bonchev–Trinajstić information content (AvgIpc) is 3.04. The van der Waals surface area contributed by atoms with Crippen LogP contribution in [-0.4, -0.2) is 17.8 Å². The minimum atomic E-state index is -0.395. The van der Waals surface area contributed by atoms with E-state index in [1.807, 2.05) is 6.92 Å². The molecule has 1 unspecified atom stereocenters. The van der Waals surface area contributed by atoms with Gasteiger partial charge in [-0.3, -0.25) is 10.1 Å². The molecule has 1 N–H and O–H groups in total. The Labute approximate surface area is 110 Å². The fourth-order valence-electron chi connectivity index (χ4n) is 2.38. The van der Waals surface area contributed by atoms with Gasteiger partial charge in [-0.2, -0.15) is 0 Å². The summed E-state index contributed by atoms with van der Waals surface area (Å²) in [5, 5.41) is 14.3. The summed E-state index contributed by atoms with van der Waals surface area (Å²) >= 11 is 0. The van der Waals surface area contributed by atoms with E-state index in [0.29, 0.717) is 17.2 Å². The van der Waals surface area contributed by atoms with Gasteiger partial charge in [0.15, 0.2) is 11.5 Å². The van der Waals surface area contributed by atoms with Crippen LogP contribution in [-0.2, 0) is 0 Å². The number of ether oxygens (including phenoxy) is 2. The quantitative estimate of drug-likeness (QED) is 0.653. The van der Waals surface area contributed by atoms with Crippen molar-refractivity contribution in [3.05, 3.63) is 22.2 Å². The van der Waals surface area contributed by atoms with Gasteiger partial charge in [0.25, 0.3) is 5.69 Å². The Balaban J connectivity index is 1.83. The number of nitrogens with zero attached hydrogens (tertiary/aromatic N) is 1. The molecule has 102 valence electrons. The van der Waals surface area contributed by atoms with Gasteiger partial charge >= 0.3 is 0 Å². The minimum Gasteiger partial charge on any atom is -0.454 e. The molecule has 6 heteroatoms. The molecule has 1 atom stereocenters. The number of fused-ring (bicyclic) bond motifs is 1. The van der Waals surface area contributed by atoms with E-state index in [9.17, 15) is 10.1 Å². The molecule has 0 spiro atoms. The summed E-state index contributed by atoms with van der Waals surface area (Å²) in [5.41, 5.74) is 0.536. The van der Waals surface area contributed by atoms with Gasteiger partial charge < -0.3 is 14.8 Å². The van der Waals surface area contributed by atoms with Gasteiger partial charge in [-0.15, -0.1) is 0 Å². The number of anilines is 1. The summed E-state index contributed by atoms with van der Waals surface area (Å²) < 4.78 is 10.4. The van der Waals surface area contributed by atoms with Crippen LogP contribution in [0.1, 0.15) is 26.2 Å². The summed E-state index contributed by atoms with van der Waals surface area (Å²) in [6.45, 7) is 2.17. The zero-order valence-corrected chi connectivity index (χ0v) is 10.7. The van der Waals surface area contributed by atoms with Gasteiger partial charge in [-0.1, -0.05) is 12.8 Å². The Morgan fingerprint density at radius 3 is 2.74 bits per heavy atom. The Hall–Kier alpha value is -1.98. The van der Waals surface area contributed by atoms with Crippen LogP contribution in [0, 0.1) is 16.0 Å². The molecule has 0 amide bonds. The molecule has 6 nitrogen and oxygen atoms in total. The molecule has 2 aliphatic rings. The third kappa shape index (κ3) is 2.57. The van der Waals surface area contributed by atoms with Crippen LogP contribution in [0.25, 0.3) is 0 Å². The predicted octanol–water partition coefficient (Wildman–Crippen LogP) is 2.92. The SMILES string of the molecule is CC(CC1CC1)Nc1cc2c(cc1[N+](=O)[O-])OCO2. The first kappa shape index (κ1) is 12.1. The van der Waals surface area contributed by atoms with Gasteiger partial charge in [0.2, 0.25) is 6.79 Å². The highest BCUT2D eigenvalue weighted by atomic mass is 16.7. The van der Waals surface area contributed by atoms with Gasteiger partial charge in [-0.05, 0) is 19.3 Å². The molecule has 0 bridgehead atoms. The molecule has 3 rings (SSSR count). The van der Waals surface area contributed by atoms with Crippen LogP contribution in [0.5, 0.6) is 11.5 Å². The highest BCUT2D eigenvalue weighted by Crippen LogP contribution is 2.41. The highest BCUT2D eigenvalue weighted by Gasteiger charge is 2.27. The number of benzene rings is 1. The Kier molecular flexibility index (Phi) is 2.93. The predicted molar refractivity (Wildman–Crippen MR) is 69.6 cm³/mol. The molecule has 0 saturated heterocycles. The smallest absolute Gasteiger partial charge is 0.296 e. The third-order valence-corrected chi connectivity index (χ3v) is 3.47. The molecule has 1 saturated carbocycles. The maximum Gasteiger partial charge on any atom is 0.296 e. The maximum atomic E-state index is 11.1. The fraction of sp³-hybridized carbons (Fsp3) is 0.538. The summed E-state index contributed by atoms with van der Waals surface area (Å²) in [5.74, 6) is 1.77. The van der Waals surface area contributed by atoms with E-state index in [1.54, 1.807) is 6.07 Å². The number of rotatable bonds is 5. The van der Waals surface area contributed by atoms with Crippen LogP contribution in [0.15, 0.2) is 12.1 Å². The molecule has 1 aliphatic carbocycles. The second-order valence-electron chi connectivity index (χ2n) is 5.20. The zero-order valence-electron chi connectivity index (χ0n) is 10.7. The van der Waals surface area contributed by atoms with Crippen molar-refractivity contribution in [1.82, 2.24) is 0 Å². The first-order valence-corrected chi connectivity index (χ1v) is 6.48. The first-order valence-electron chi connectivity index (χ1n) is 6.48. The van der Waals surface area contributed by atoms with Gasteiger partial charge in [-0.25, -0.2) is 0 Å². The first-order chi connectivity index (χ1) is 9.13. The maximum absolute atomic E-state index is 11.1. The normalized spacial score (nSPS) is 18.2. The van der Waals surface area contributed by atoms with E-state index >= 15 is 0 Å². The van der Waals surface area contributed by atoms with E-state index in [0.717, 1.165) is 12.3 Å². The fourth-order valence-corrected chi connectivity index (χ4v) is 2.38. The molecular formula is C13H16N2O4. The monoisotopic (exact) mass is 264 g/mol. The number of nitrogens with one attached hydrogen (secondary N) is 1. The van der Waals surface area contributed by atoms with Gasteiger partial charge in [0, 0.05) is 12.1 Å². The molecule has 1 fully saturated rings. The van der Waals surface area contributed by atoms with Crippen LogP contribution in [0.3, 0.4) is 0 Å². The van der Waals surface area contributed by atoms with Crippen molar-refractivity contribution in [2.75, 3.05) is 12.1 Å². The Bertz CT molecular complexity index is 514. The molecular weight excluding hydrogens is 248 g/mol. The second-order valence-corrected chi connectivity index (χ2v) is 5.20. The van der Waals surface area contributed by atoms with E-state index in [2.05, 4.69) is 5.32 Å². The van der Waals surface area contributed by atoms with Gasteiger partial charge in [0.1, 0.15) is 5.69 Å². The van der Waals surface area contributed by atoms with E-state index in [4.69, 9.17) is 9.47 Å². The number of nitro groups is 1. The average molecular weight is 264 g/mol. The van der Waals surface area contributed by atoms with Crippen molar-refractivity contribution in [2.45, 2.75) is 32.2 Å². The topological polar surface area (TPSA) is 73.6 Å². The summed E-state index contributed by atoms with van der Waals surface area (Å²) in [7, 11) is 0. The lowest BCUT2D eigenvalue weighted by Gasteiger charge is -2.15. The molecule has 19 heavy (non-hydrogen) atoms. The largest absolute Gasteiger partial charge is 0.454 e. The standard InChI is InChI=1S/C13H16N2O4/c1-8(4-9-2-3-9)14-10-5-12-13(19-7-18-12)6-11(10)15(16)17/h5-6,8-9,14H,2-4,7H2,1H3. The molecule has 1 aliphatic heterocycles. The molecule has 1 aromatic carbocycles. The van der Waals surface area contributed by atoms with Crippen molar-refractivity contribution >= 4 is 11.4 Å². The lowest BCUT2D eigenvalue weighted by Crippen LogP contribution is -2.16. The second kappa shape index (κ2) is 4.60. The summed E-state index contributed by atoms with van der Waals surface area (Å²) in [6, 6.07) is 3.30. The van der Waals surface area contributed by atoms with Crippen molar-refractivity contribution in [2.24, 2.45) is 5.92 Å². The van der Waals surface area contributed by atoms with E-state index < -0.39 is 4.92 Å². The number of nitro benzene ring substituents is 1. The lowest BCUT2D eigenvalue weighted by molar-refractivity contribution is -0.384. The van der Waals surface area contributed by atoms with E-state index in [-0.39, 0.29) is 18.5 Å². The molecule has 0 aromatic heterocycles. The lowest BCUT2D eigenvalue weighted by atomic mass is 10.1. The number of hydrogen-bond acceptors (Lipinski definition) is 5. The van der Waals surface area contributed by atoms with Crippen LogP contribution in [0.4, 0.5) is 11.4 Å². The summed E-state index contributed by atoms with van der Waals surface area (Å²) in [6.07, 6.45) is 3.59. The molecule has 1 heterocycles. The third-order valence-electron chi connectivity index (χ3n) is 3.47. The molecule has 1 aromatic rings. The van der Waals surface area contributed by atoms with Crippen molar-refractivity contribution < 1.29 is 14.4 Å². The highest BCUT2D eigenvalue weighted by molar-refractivity contribution is 5.69. The van der Waals surface area contributed by atoms with E-state index in [1.165, 1.54) is 18.9 Å². The van der Waals surface area contributed by atoms with Crippen molar-refractivity contribution in [1.29, 1.82) is 0 Å². The molecule has 0 radical (unpaired) electrons. The van der Waals surface area contributed by atoms with Crippen molar-refractivity contribution in [3.8, 4) is 11.5 Å². The Morgan fingerprint density at radius 2 is 2.11 bits per heavy atom. The van der Waals surface area contributed by atoms with Crippen LogP contribution >= 0.6 is 0 Å². The number of hydrogen-bond donors (Lipinski definition) is 1. The van der Waals surface area contributed by atoms with Crippen LogP contribution < -0.4 is 14.8 Å². The van der Waals surface area contributed by atoms with Gasteiger partial charge in [0.05, 0.1) is 11.0 Å². The Morgan fingerprint density at radius 1 is 1.42 bits per heavy atom. The van der Waals surface area contributed by atoms with Crippen molar-refractivity contribution in [3.63, 3.8) is 0 Å².